The Bertz CT molecular complexity index is 355. The maximum absolute atomic E-state index is 4.16. The first-order chi connectivity index (χ1) is 8.50. The summed E-state index contributed by atoms with van der Waals surface area (Å²) in [7, 11) is 4.23. The van der Waals surface area contributed by atoms with E-state index >= 15 is 0 Å². The fourth-order valence-electron chi connectivity index (χ4n) is 1.93. The number of nitrogens with one attached hydrogen (secondary N) is 1. The van der Waals surface area contributed by atoms with Gasteiger partial charge in [0.1, 0.15) is 0 Å². The van der Waals surface area contributed by atoms with Gasteiger partial charge in [0.25, 0.3) is 0 Å². The second kappa shape index (κ2) is 7.34. The number of nitrogens with zero attached hydrogens (tertiary/aromatic N) is 1. The molecule has 0 fully saturated rings. The Morgan fingerprint density at radius 2 is 1.83 bits per heavy atom. The summed E-state index contributed by atoms with van der Waals surface area (Å²) in [5.41, 5.74) is 2.37. The minimum Gasteiger partial charge on any atom is -0.308 e. The molecule has 0 bridgehead atoms. The van der Waals surface area contributed by atoms with Crippen molar-refractivity contribution in [1.29, 1.82) is 0 Å². The van der Waals surface area contributed by atoms with Crippen molar-refractivity contribution in [3.63, 3.8) is 0 Å². The highest BCUT2D eigenvalue weighted by molar-refractivity contribution is 5.64. The predicted octanol–water partition coefficient (Wildman–Crippen LogP) is 2.88. The highest BCUT2D eigenvalue weighted by atomic mass is 15.1. The van der Waals surface area contributed by atoms with E-state index in [2.05, 4.69) is 69.0 Å². The lowest BCUT2D eigenvalue weighted by Gasteiger charge is -2.26. The predicted molar refractivity (Wildman–Crippen MR) is 80.7 cm³/mol. The van der Waals surface area contributed by atoms with Crippen LogP contribution >= 0.6 is 0 Å². The molecule has 0 heterocycles. The molecule has 1 aromatic carbocycles. The molecule has 0 aromatic heterocycles. The number of hydrogen-bond acceptors (Lipinski definition) is 2. The van der Waals surface area contributed by atoms with Crippen molar-refractivity contribution in [2.75, 3.05) is 27.2 Å². The van der Waals surface area contributed by atoms with Crippen LogP contribution in [0.3, 0.4) is 0 Å². The topological polar surface area (TPSA) is 15.3 Å². The summed E-state index contributed by atoms with van der Waals surface area (Å²) in [5, 5.41) is 3.61. The van der Waals surface area contributed by atoms with Gasteiger partial charge in [0.15, 0.2) is 0 Å². The third-order valence-corrected chi connectivity index (χ3v) is 3.13. The van der Waals surface area contributed by atoms with Crippen LogP contribution in [0.4, 0.5) is 0 Å². The monoisotopic (exact) mass is 246 g/mol. The standard InChI is InChI=1S/C16H26N2/c1-13(2)16(12-18(4)5)17-11-14(3)15-9-7-6-8-10-15/h6-10,13,16-17H,3,11-12H2,1-2,4-5H3. The van der Waals surface area contributed by atoms with Crippen molar-refractivity contribution in [3.05, 3.63) is 42.5 Å². The van der Waals surface area contributed by atoms with E-state index in [1.54, 1.807) is 0 Å². The van der Waals surface area contributed by atoms with Crippen LogP contribution in [-0.2, 0) is 0 Å². The summed E-state index contributed by atoms with van der Waals surface area (Å²) in [5.74, 6) is 0.621. The van der Waals surface area contributed by atoms with Crippen LogP contribution in [0.1, 0.15) is 19.4 Å². The summed E-state index contributed by atoms with van der Waals surface area (Å²) in [4.78, 5) is 2.23. The highest BCUT2D eigenvalue weighted by Gasteiger charge is 2.13. The fourth-order valence-corrected chi connectivity index (χ4v) is 1.93. The number of likely N-dealkylation sites (N-methyl/N-ethyl adjacent to an activating group) is 1. The Morgan fingerprint density at radius 1 is 1.22 bits per heavy atom. The second-order valence-electron chi connectivity index (χ2n) is 5.46. The van der Waals surface area contributed by atoms with Gasteiger partial charge in [-0.2, -0.15) is 0 Å². The molecule has 0 saturated heterocycles. The van der Waals surface area contributed by atoms with Crippen LogP contribution in [-0.4, -0.2) is 38.1 Å². The van der Waals surface area contributed by atoms with E-state index in [0.29, 0.717) is 12.0 Å². The van der Waals surface area contributed by atoms with Gasteiger partial charge in [-0.1, -0.05) is 50.8 Å². The van der Waals surface area contributed by atoms with Crippen LogP contribution < -0.4 is 5.32 Å². The van der Waals surface area contributed by atoms with E-state index in [1.807, 2.05) is 6.07 Å². The average Bonchev–Trinajstić information content (AvgIpc) is 2.34. The molecule has 100 valence electrons. The quantitative estimate of drug-likeness (QED) is 0.796. The van der Waals surface area contributed by atoms with Gasteiger partial charge >= 0.3 is 0 Å². The Hall–Kier alpha value is -1.12. The Kier molecular flexibility index (Phi) is 6.10. The molecule has 0 aliphatic rings. The first-order valence-corrected chi connectivity index (χ1v) is 6.62. The van der Waals surface area contributed by atoms with Crippen molar-refractivity contribution in [3.8, 4) is 0 Å². The molecule has 0 saturated carbocycles. The molecule has 0 radical (unpaired) electrons. The van der Waals surface area contributed by atoms with Crippen molar-refractivity contribution >= 4 is 5.57 Å². The molecule has 1 rings (SSSR count). The van der Waals surface area contributed by atoms with E-state index < -0.39 is 0 Å². The lowest BCUT2D eigenvalue weighted by molar-refractivity contribution is 0.296. The average molecular weight is 246 g/mol. The van der Waals surface area contributed by atoms with Gasteiger partial charge < -0.3 is 10.2 Å². The molecule has 1 unspecified atom stereocenters. The van der Waals surface area contributed by atoms with E-state index in [1.165, 1.54) is 5.56 Å². The number of hydrogen-bond donors (Lipinski definition) is 1. The van der Waals surface area contributed by atoms with Crippen molar-refractivity contribution in [1.82, 2.24) is 10.2 Å². The van der Waals surface area contributed by atoms with Gasteiger partial charge in [0.05, 0.1) is 0 Å². The zero-order chi connectivity index (χ0) is 13.5. The van der Waals surface area contributed by atoms with Crippen LogP contribution in [0, 0.1) is 5.92 Å². The van der Waals surface area contributed by atoms with E-state index in [9.17, 15) is 0 Å². The number of benzene rings is 1. The first kappa shape index (κ1) is 14.9. The van der Waals surface area contributed by atoms with Crippen LogP contribution in [0.2, 0.25) is 0 Å². The first-order valence-electron chi connectivity index (χ1n) is 6.62. The van der Waals surface area contributed by atoms with Crippen molar-refractivity contribution in [2.45, 2.75) is 19.9 Å². The Labute approximate surface area is 112 Å². The molecular formula is C16H26N2. The van der Waals surface area contributed by atoms with Crippen molar-refractivity contribution < 1.29 is 0 Å². The molecule has 0 spiro atoms. The SMILES string of the molecule is C=C(CNC(CN(C)C)C(C)C)c1ccccc1. The highest BCUT2D eigenvalue weighted by Crippen LogP contribution is 2.11. The Morgan fingerprint density at radius 3 is 2.33 bits per heavy atom. The maximum atomic E-state index is 4.16. The lowest BCUT2D eigenvalue weighted by atomic mass is 10.0. The lowest BCUT2D eigenvalue weighted by Crippen LogP contribution is -2.42. The van der Waals surface area contributed by atoms with Gasteiger partial charge in [0, 0.05) is 19.1 Å². The van der Waals surface area contributed by atoms with E-state index in [0.717, 1.165) is 18.7 Å². The molecule has 2 nitrogen and oxygen atoms in total. The second-order valence-corrected chi connectivity index (χ2v) is 5.46. The molecule has 18 heavy (non-hydrogen) atoms. The number of rotatable bonds is 7. The van der Waals surface area contributed by atoms with Crippen molar-refractivity contribution in [2.24, 2.45) is 5.92 Å². The zero-order valence-electron chi connectivity index (χ0n) is 12.1. The van der Waals surface area contributed by atoms with E-state index in [-0.39, 0.29) is 0 Å². The van der Waals surface area contributed by atoms with Gasteiger partial charge in [-0.25, -0.2) is 0 Å². The van der Waals surface area contributed by atoms with Gasteiger partial charge in [-0.3, -0.25) is 0 Å². The summed E-state index contributed by atoms with van der Waals surface area (Å²) in [6.07, 6.45) is 0. The third kappa shape index (κ3) is 5.03. The van der Waals surface area contributed by atoms with Gasteiger partial charge in [0.2, 0.25) is 0 Å². The Balaban J connectivity index is 2.50. The van der Waals surface area contributed by atoms with Crippen LogP contribution in [0.15, 0.2) is 36.9 Å². The summed E-state index contributed by atoms with van der Waals surface area (Å²) in [6.45, 7) is 10.6. The maximum Gasteiger partial charge on any atom is 0.0220 e. The van der Waals surface area contributed by atoms with Crippen LogP contribution in [0.25, 0.3) is 5.57 Å². The van der Waals surface area contributed by atoms with Crippen LogP contribution in [0.5, 0.6) is 0 Å². The fraction of sp³-hybridized carbons (Fsp3) is 0.500. The molecule has 1 N–H and O–H groups in total. The minimum absolute atomic E-state index is 0.500. The summed E-state index contributed by atoms with van der Waals surface area (Å²) >= 11 is 0. The zero-order valence-corrected chi connectivity index (χ0v) is 12.1. The van der Waals surface area contributed by atoms with E-state index in [4.69, 9.17) is 0 Å². The molecule has 0 aliphatic heterocycles. The van der Waals surface area contributed by atoms with Gasteiger partial charge in [-0.05, 0) is 31.1 Å². The minimum atomic E-state index is 0.500. The smallest absolute Gasteiger partial charge is 0.0220 e. The molecule has 1 atom stereocenters. The molecule has 1 aromatic rings. The molecule has 0 aliphatic carbocycles. The molecule has 0 amide bonds. The third-order valence-electron chi connectivity index (χ3n) is 3.13. The largest absolute Gasteiger partial charge is 0.308 e. The molecule has 2 heteroatoms. The normalized spacial score (nSPS) is 13.0. The summed E-state index contributed by atoms with van der Waals surface area (Å²) in [6, 6.07) is 10.9. The molecular weight excluding hydrogens is 220 g/mol. The van der Waals surface area contributed by atoms with Gasteiger partial charge in [-0.15, -0.1) is 0 Å². The summed E-state index contributed by atoms with van der Waals surface area (Å²) < 4.78 is 0.